The maximum absolute atomic E-state index is 11.7. The number of carbonyl (C=O) groups is 1. The van der Waals surface area contributed by atoms with Gasteiger partial charge in [0.25, 0.3) is 0 Å². The van der Waals surface area contributed by atoms with Crippen LogP contribution in [0.5, 0.6) is 0 Å². The largest absolute Gasteiger partial charge is 0.444 e. The minimum atomic E-state index is -0.414. The minimum Gasteiger partial charge on any atom is -0.444 e. The van der Waals surface area contributed by atoms with Gasteiger partial charge in [-0.3, -0.25) is 0 Å². The Hall–Kier alpha value is -0.730. The van der Waals surface area contributed by atoms with Crippen molar-refractivity contribution in [3.8, 4) is 0 Å². The fourth-order valence-corrected chi connectivity index (χ4v) is 2.21. The van der Waals surface area contributed by atoms with E-state index in [2.05, 4.69) is 19.2 Å². The van der Waals surface area contributed by atoms with Crippen LogP contribution in [0.4, 0.5) is 4.79 Å². The summed E-state index contributed by atoms with van der Waals surface area (Å²) in [6.45, 7) is 10.1. The lowest BCUT2D eigenvalue weighted by Crippen LogP contribution is -2.48. The molecule has 0 aromatic carbocycles. The molecule has 0 spiro atoms. The van der Waals surface area contributed by atoms with Crippen molar-refractivity contribution in [2.24, 2.45) is 5.41 Å². The Labute approximate surface area is 98.9 Å². The van der Waals surface area contributed by atoms with E-state index < -0.39 is 5.60 Å². The molecule has 0 aromatic rings. The van der Waals surface area contributed by atoms with E-state index in [9.17, 15) is 4.79 Å². The molecule has 0 saturated heterocycles. The number of alkyl carbamates (subject to hydrolysis) is 1. The number of nitrogens with one attached hydrogen (secondary N) is 1. The minimum absolute atomic E-state index is 0.190. The third kappa shape index (κ3) is 4.03. The fraction of sp³-hybridized carbons (Fsp3) is 0.923. The van der Waals surface area contributed by atoms with Crippen molar-refractivity contribution < 1.29 is 9.53 Å². The molecular weight excluding hydrogens is 202 g/mol. The average molecular weight is 227 g/mol. The second kappa shape index (κ2) is 4.64. The van der Waals surface area contributed by atoms with Crippen molar-refractivity contribution in [3.05, 3.63) is 0 Å². The Kier molecular flexibility index (Phi) is 3.87. The highest BCUT2D eigenvalue weighted by Gasteiger charge is 2.34. The van der Waals surface area contributed by atoms with Crippen molar-refractivity contribution in [1.29, 1.82) is 0 Å². The van der Waals surface area contributed by atoms with Gasteiger partial charge in [-0.1, -0.05) is 26.7 Å². The molecule has 16 heavy (non-hydrogen) atoms. The van der Waals surface area contributed by atoms with Crippen LogP contribution in [0.25, 0.3) is 0 Å². The Balaban J connectivity index is 2.49. The number of hydrogen-bond acceptors (Lipinski definition) is 2. The molecule has 1 aliphatic rings. The van der Waals surface area contributed by atoms with Crippen LogP contribution in [0.15, 0.2) is 0 Å². The van der Waals surface area contributed by atoms with E-state index >= 15 is 0 Å². The van der Waals surface area contributed by atoms with Crippen molar-refractivity contribution in [2.75, 3.05) is 0 Å². The molecular formula is C13H25NO2. The lowest BCUT2D eigenvalue weighted by atomic mass is 9.73. The van der Waals surface area contributed by atoms with Crippen LogP contribution in [0.1, 0.15) is 60.3 Å². The van der Waals surface area contributed by atoms with Gasteiger partial charge in [-0.05, 0) is 39.0 Å². The van der Waals surface area contributed by atoms with E-state index in [1.165, 1.54) is 19.3 Å². The average Bonchev–Trinajstić information content (AvgIpc) is 2.05. The molecule has 0 aliphatic heterocycles. The molecule has 1 amide bonds. The van der Waals surface area contributed by atoms with E-state index in [-0.39, 0.29) is 17.6 Å². The summed E-state index contributed by atoms with van der Waals surface area (Å²) in [7, 11) is 0. The zero-order chi connectivity index (χ0) is 12.4. The van der Waals surface area contributed by atoms with Gasteiger partial charge >= 0.3 is 6.09 Å². The van der Waals surface area contributed by atoms with Gasteiger partial charge in [-0.15, -0.1) is 0 Å². The topological polar surface area (TPSA) is 38.3 Å². The lowest BCUT2D eigenvalue weighted by molar-refractivity contribution is 0.0422. The van der Waals surface area contributed by atoms with Crippen LogP contribution >= 0.6 is 0 Å². The molecule has 0 radical (unpaired) electrons. The summed E-state index contributed by atoms with van der Waals surface area (Å²) in [6, 6.07) is 0.246. The van der Waals surface area contributed by atoms with E-state index in [0.717, 1.165) is 6.42 Å². The first-order valence-corrected chi connectivity index (χ1v) is 6.20. The Morgan fingerprint density at radius 3 is 2.44 bits per heavy atom. The molecule has 3 nitrogen and oxygen atoms in total. The number of rotatable bonds is 1. The number of hydrogen-bond donors (Lipinski definition) is 1. The monoisotopic (exact) mass is 227 g/mol. The highest BCUT2D eigenvalue weighted by molar-refractivity contribution is 5.68. The summed E-state index contributed by atoms with van der Waals surface area (Å²) in [6.07, 6.45) is 4.41. The fourth-order valence-electron chi connectivity index (χ4n) is 2.21. The van der Waals surface area contributed by atoms with Gasteiger partial charge in [0.1, 0.15) is 5.60 Å². The van der Waals surface area contributed by atoms with E-state index in [1.807, 2.05) is 20.8 Å². The third-order valence-electron chi connectivity index (χ3n) is 3.20. The molecule has 1 N–H and O–H groups in total. The first kappa shape index (κ1) is 13.3. The summed E-state index contributed by atoms with van der Waals surface area (Å²) >= 11 is 0. The van der Waals surface area contributed by atoms with Crippen LogP contribution in [-0.2, 0) is 4.74 Å². The van der Waals surface area contributed by atoms with Crippen LogP contribution < -0.4 is 5.32 Å². The summed E-state index contributed by atoms with van der Waals surface area (Å²) < 4.78 is 5.28. The van der Waals surface area contributed by atoms with Crippen molar-refractivity contribution >= 4 is 6.09 Å². The zero-order valence-corrected chi connectivity index (χ0v) is 11.2. The van der Waals surface area contributed by atoms with Crippen LogP contribution in [0.2, 0.25) is 0 Å². The summed E-state index contributed by atoms with van der Waals surface area (Å²) in [5.41, 5.74) is -0.224. The predicted octanol–water partition coefficient (Wildman–Crippen LogP) is 3.48. The molecule has 1 saturated carbocycles. The molecule has 1 unspecified atom stereocenters. The van der Waals surface area contributed by atoms with Gasteiger partial charge in [-0.25, -0.2) is 4.79 Å². The van der Waals surface area contributed by atoms with Crippen LogP contribution in [-0.4, -0.2) is 17.7 Å². The highest BCUT2D eigenvalue weighted by Crippen LogP contribution is 2.35. The second-order valence-corrected chi connectivity index (χ2v) is 6.43. The first-order chi connectivity index (χ1) is 7.21. The van der Waals surface area contributed by atoms with E-state index in [0.29, 0.717) is 0 Å². The van der Waals surface area contributed by atoms with Gasteiger partial charge in [0.2, 0.25) is 0 Å². The molecule has 0 aromatic heterocycles. The zero-order valence-electron chi connectivity index (χ0n) is 11.2. The number of amides is 1. The second-order valence-electron chi connectivity index (χ2n) is 6.43. The summed E-state index contributed by atoms with van der Waals surface area (Å²) in [5.74, 6) is 0. The molecule has 0 heterocycles. The smallest absolute Gasteiger partial charge is 0.407 e. The standard InChI is InChI=1S/C13H25NO2/c1-12(2,3)16-11(15)14-10-8-6-7-9-13(10,4)5/h10H,6-9H2,1-5H3,(H,14,15). The lowest BCUT2D eigenvalue weighted by Gasteiger charge is -2.39. The molecule has 0 bridgehead atoms. The Morgan fingerprint density at radius 2 is 1.94 bits per heavy atom. The van der Waals surface area contributed by atoms with E-state index in [1.54, 1.807) is 0 Å². The summed E-state index contributed by atoms with van der Waals surface area (Å²) in [4.78, 5) is 11.7. The van der Waals surface area contributed by atoms with Crippen molar-refractivity contribution in [3.63, 3.8) is 0 Å². The molecule has 1 atom stereocenters. The maximum Gasteiger partial charge on any atom is 0.407 e. The number of ether oxygens (including phenoxy) is 1. The predicted molar refractivity (Wildman–Crippen MR) is 65.4 cm³/mol. The first-order valence-electron chi connectivity index (χ1n) is 6.20. The highest BCUT2D eigenvalue weighted by atomic mass is 16.6. The van der Waals surface area contributed by atoms with Crippen molar-refractivity contribution in [2.45, 2.75) is 71.9 Å². The summed E-state index contributed by atoms with van der Waals surface area (Å²) in [5, 5.41) is 3.00. The Bertz CT molecular complexity index is 253. The SMILES string of the molecule is CC(C)(C)OC(=O)NC1CCCCC1(C)C. The molecule has 1 aliphatic carbocycles. The molecule has 1 fully saturated rings. The van der Waals surface area contributed by atoms with Gasteiger partial charge in [-0.2, -0.15) is 0 Å². The van der Waals surface area contributed by atoms with Crippen LogP contribution in [0, 0.1) is 5.41 Å². The Morgan fingerprint density at radius 1 is 1.31 bits per heavy atom. The van der Waals surface area contributed by atoms with Crippen molar-refractivity contribution in [1.82, 2.24) is 5.32 Å². The van der Waals surface area contributed by atoms with Crippen LogP contribution in [0.3, 0.4) is 0 Å². The molecule has 1 rings (SSSR count). The van der Waals surface area contributed by atoms with Gasteiger partial charge in [0.15, 0.2) is 0 Å². The maximum atomic E-state index is 11.7. The van der Waals surface area contributed by atoms with Gasteiger partial charge in [0.05, 0.1) is 0 Å². The number of carbonyl (C=O) groups excluding carboxylic acids is 1. The van der Waals surface area contributed by atoms with Gasteiger partial charge < -0.3 is 10.1 Å². The molecule has 3 heteroatoms. The quantitative estimate of drug-likeness (QED) is 0.744. The van der Waals surface area contributed by atoms with E-state index in [4.69, 9.17) is 4.74 Å². The normalized spacial score (nSPS) is 24.9. The molecule has 94 valence electrons. The third-order valence-corrected chi connectivity index (χ3v) is 3.20. The van der Waals surface area contributed by atoms with Gasteiger partial charge in [0, 0.05) is 6.04 Å².